The number of hydrogen-bond donors (Lipinski definition) is 0. The molecule has 1 heterocycles. The maximum absolute atomic E-state index is 12.4. The van der Waals surface area contributed by atoms with Gasteiger partial charge in [0.05, 0.1) is 10.0 Å². The number of rotatable bonds is 7. The van der Waals surface area contributed by atoms with Crippen molar-refractivity contribution in [3.63, 3.8) is 0 Å². The lowest BCUT2D eigenvalue weighted by Gasteiger charge is -2.13. The minimum Gasteiger partial charge on any atom is -0.431 e. The van der Waals surface area contributed by atoms with Gasteiger partial charge in [-0.3, -0.25) is 9.78 Å². The third-order valence-corrected chi connectivity index (χ3v) is 3.64. The topological polar surface area (TPSA) is 48.4 Å². The summed E-state index contributed by atoms with van der Waals surface area (Å²) in [5.41, 5.74) is 0.230. The molecule has 0 amide bonds. The Balaban J connectivity index is 2.30. The summed E-state index contributed by atoms with van der Waals surface area (Å²) in [7, 11) is 0. The highest BCUT2D eigenvalue weighted by atomic mass is 35.5. The van der Waals surface area contributed by atoms with E-state index in [1.807, 2.05) is 0 Å². The van der Waals surface area contributed by atoms with E-state index in [0.29, 0.717) is 5.56 Å². The minimum atomic E-state index is -3.28. The first kappa shape index (κ1) is 19.3. The molecule has 0 spiro atoms. The van der Waals surface area contributed by atoms with Crippen molar-refractivity contribution in [2.75, 3.05) is 0 Å². The van der Waals surface area contributed by atoms with Gasteiger partial charge in [0.2, 0.25) is 0 Å². The number of ketones is 1. The van der Waals surface area contributed by atoms with Crippen LogP contribution in [0.3, 0.4) is 0 Å². The molecule has 0 bridgehead atoms. The quantitative estimate of drug-likeness (QED) is 0.486. The van der Waals surface area contributed by atoms with Crippen LogP contribution in [0.25, 0.3) is 0 Å². The van der Waals surface area contributed by atoms with Crippen molar-refractivity contribution in [3.8, 4) is 11.5 Å². The van der Waals surface area contributed by atoms with E-state index >= 15 is 0 Å². The molecule has 1 aromatic carbocycles. The number of Topliss-reactive ketones (excluding diaryl/α,β-unsaturated/α-hetero) is 1. The smallest absolute Gasteiger partial charge is 0.387 e. The zero-order valence-electron chi connectivity index (χ0n) is 12.2. The van der Waals surface area contributed by atoms with Gasteiger partial charge in [-0.15, -0.1) is 0 Å². The number of halogens is 6. The van der Waals surface area contributed by atoms with Crippen molar-refractivity contribution in [2.24, 2.45) is 0 Å². The Morgan fingerprint density at radius 1 is 1.00 bits per heavy atom. The molecule has 0 radical (unpaired) electrons. The SMILES string of the molecule is O=C(Cc1c(Cl)cncc1Cl)c1ccc(OC(F)F)c(OC(F)F)c1. The predicted molar refractivity (Wildman–Crippen MR) is 82.0 cm³/mol. The first-order valence-corrected chi connectivity index (χ1v) is 7.38. The van der Waals surface area contributed by atoms with E-state index in [4.69, 9.17) is 23.2 Å². The first-order chi connectivity index (χ1) is 11.8. The van der Waals surface area contributed by atoms with Crippen LogP contribution in [0.5, 0.6) is 11.5 Å². The molecule has 0 unspecified atom stereocenters. The molecule has 25 heavy (non-hydrogen) atoms. The molecule has 0 N–H and O–H groups in total. The summed E-state index contributed by atoms with van der Waals surface area (Å²) in [5, 5.41) is 0.310. The summed E-state index contributed by atoms with van der Waals surface area (Å²) in [6, 6.07) is 2.96. The third-order valence-electron chi connectivity index (χ3n) is 2.99. The highest BCUT2D eigenvalue weighted by Crippen LogP contribution is 2.32. The molecule has 0 fully saturated rings. The van der Waals surface area contributed by atoms with Gasteiger partial charge in [-0.2, -0.15) is 17.6 Å². The molecule has 0 aliphatic carbocycles. The number of aromatic nitrogens is 1. The van der Waals surface area contributed by atoms with Crippen LogP contribution in [-0.2, 0) is 6.42 Å². The third kappa shape index (κ3) is 5.20. The second-order valence-corrected chi connectivity index (χ2v) is 5.41. The van der Waals surface area contributed by atoms with Gasteiger partial charge in [-0.1, -0.05) is 23.2 Å². The van der Waals surface area contributed by atoms with E-state index in [9.17, 15) is 22.4 Å². The zero-order valence-corrected chi connectivity index (χ0v) is 13.7. The average molecular weight is 398 g/mol. The molecule has 2 aromatic rings. The number of benzene rings is 1. The first-order valence-electron chi connectivity index (χ1n) is 6.62. The summed E-state index contributed by atoms with van der Waals surface area (Å²) < 4.78 is 57.7. The van der Waals surface area contributed by atoms with Crippen molar-refractivity contribution in [3.05, 3.63) is 51.8 Å². The maximum atomic E-state index is 12.4. The minimum absolute atomic E-state index is 0.0683. The van der Waals surface area contributed by atoms with E-state index in [2.05, 4.69) is 14.5 Å². The van der Waals surface area contributed by atoms with Gasteiger partial charge < -0.3 is 9.47 Å². The largest absolute Gasteiger partial charge is 0.431 e. The Kier molecular flexibility index (Phi) is 6.44. The van der Waals surface area contributed by atoms with E-state index in [1.54, 1.807) is 0 Å². The second kappa shape index (κ2) is 8.35. The molecule has 0 aliphatic heterocycles. The Hall–Kier alpha value is -2.06. The van der Waals surface area contributed by atoms with E-state index in [1.165, 1.54) is 12.4 Å². The summed E-state index contributed by atoms with van der Waals surface area (Å²) >= 11 is 11.8. The van der Waals surface area contributed by atoms with Crippen molar-refractivity contribution < 1.29 is 31.8 Å². The van der Waals surface area contributed by atoms with E-state index in [0.717, 1.165) is 18.2 Å². The summed E-state index contributed by atoms with van der Waals surface area (Å²) in [6.07, 6.45) is 2.34. The molecule has 0 saturated heterocycles. The van der Waals surface area contributed by atoms with Crippen LogP contribution < -0.4 is 9.47 Å². The standard InChI is InChI=1S/C15H9Cl2F4NO3/c16-9-5-22-6-10(17)8(9)4-11(23)7-1-2-12(24-14(18)19)13(3-7)25-15(20)21/h1-3,5-6,14-15H,4H2. The van der Waals surface area contributed by atoms with E-state index < -0.39 is 30.5 Å². The van der Waals surface area contributed by atoms with Crippen LogP contribution in [-0.4, -0.2) is 24.0 Å². The van der Waals surface area contributed by atoms with E-state index in [-0.39, 0.29) is 22.0 Å². The average Bonchev–Trinajstić information content (AvgIpc) is 2.51. The lowest BCUT2D eigenvalue weighted by molar-refractivity contribution is -0.0692. The Morgan fingerprint density at radius 2 is 1.56 bits per heavy atom. The fraction of sp³-hybridized carbons (Fsp3) is 0.200. The lowest BCUT2D eigenvalue weighted by atomic mass is 10.0. The molecule has 0 atom stereocenters. The monoisotopic (exact) mass is 397 g/mol. The summed E-state index contributed by atoms with van der Waals surface area (Å²) in [5.74, 6) is -1.85. The van der Waals surface area contributed by atoms with Crippen LogP contribution in [0, 0.1) is 0 Å². The van der Waals surface area contributed by atoms with Crippen LogP contribution in [0.2, 0.25) is 10.0 Å². The second-order valence-electron chi connectivity index (χ2n) is 4.60. The normalized spacial score (nSPS) is 11.0. The number of ether oxygens (including phenoxy) is 2. The van der Waals surface area contributed by atoms with Gasteiger partial charge >= 0.3 is 13.2 Å². The number of pyridine rings is 1. The summed E-state index contributed by atoms with van der Waals surface area (Å²) in [4.78, 5) is 16.1. The number of hydrogen-bond acceptors (Lipinski definition) is 4. The van der Waals surface area contributed by atoms with Gasteiger partial charge in [-0.05, 0) is 18.2 Å². The lowest BCUT2D eigenvalue weighted by Crippen LogP contribution is -2.10. The number of carbonyl (C=O) groups excluding carboxylic acids is 1. The fourth-order valence-electron chi connectivity index (χ4n) is 1.93. The molecule has 10 heteroatoms. The highest BCUT2D eigenvalue weighted by Gasteiger charge is 2.19. The summed E-state index contributed by atoms with van der Waals surface area (Å²) in [6.45, 7) is -6.52. The molecule has 2 rings (SSSR count). The fourth-order valence-corrected chi connectivity index (χ4v) is 2.43. The van der Waals surface area contributed by atoms with Gasteiger partial charge in [0, 0.05) is 29.9 Å². The molecular weight excluding hydrogens is 389 g/mol. The molecule has 4 nitrogen and oxygen atoms in total. The molecule has 0 aliphatic rings. The van der Waals surface area contributed by atoms with Crippen LogP contribution in [0.15, 0.2) is 30.6 Å². The zero-order chi connectivity index (χ0) is 18.6. The van der Waals surface area contributed by atoms with Crippen molar-refractivity contribution in [1.82, 2.24) is 4.98 Å². The molecular formula is C15H9Cl2F4NO3. The van der Waals surface area contributed by atoms with Crippen molar-refractivity contribution >= 4 is 29.0 Å². The molecule has 1 aromatic heterocycles. The van der Waals surface area contributed by atoms with Gasteiger partial charge in [0.1, 0.15) is 0 Å². The number of alkyl halides is 4. The van der Waals surface area contributed by atoms with Crippen LogP contribution in [0.4, 0.5) is 17.6 Å². The Bertz CT molecular complexity index is 754. The van der Waals surface area contributed by atoms with Crippen LogP contribution >= 0.6 is 23.2 Å². The number of nitrogens with zero attached hydrogens (tertiary/aromatic N) is 1. The van der Waals surface area contributed by atoms with Crippen LogP contribution in [0.1, 0.15) is 15.9 Å². The predicted octanol–water partition coefficient (Wildman–Crippen LogP) is 5.02. The van der Waals surface area contributed by atoms with Gasteiger partial charge in [0.25, 0.3) is 0 Å². The van der Waals surface area contributed by atoms with Crippen molar-refractivity contribution in [2.45, 2.75) is 19.6 Å². The Labute approximate surface area is 149 Å². The maximum Gasteiger partial charge on any atom is 0.387 e. The van der Waals surface area contributed by atoms with Crippen molar-refractivity contribution in [1.29, 1.82) is 0 Å². The highest BCUT2D eigenvalue weighted by molar-refractivity contribution is 6.36. The molecule has 134 valence electrons. The number of carbonyl (C=O) groups is 1. The molecule has 0 saturated carbocycles. The van der Waals surface area contributed by atoms with Gasteiger partial charge in [-0.25, -0.2) is 0 Å². The Morgan fingerprint density at radius 3 is 2.12 bits per heavy atom. The van der Waals surface area contributed by atoms with Gasteiger partial charge in [0.15, 0.2) is 17.3 Å².